The molecule has 0 aliphatic heterocycles. The molecule has 0 radical (unpaired) electrons. The molecule has 1 aliphatic rings. The lowest BCUT2D eigenvalue weighted by Crippen LogP contribution is -2.41. The van der Waals surface area contributed by atoms with Gasteiger partial charge < -0.3 is 15.6 Å². The first-order valence-corrected chi connectivity index (χ1v) is 9.89. The van der Waals surface area contributed by atoms with E-state index in [9.17, 15) is 9.90 Å². The molecule has 1 saturated carbocycles. The first kappa shape index (κ1) is 19.3. The van der Waals surface area contributed by atoms with Gasteiger partial charge in [0, 0.05) is 22.3 Å². The van der Waals surface area contributed by atoms with Gasteiger partial charge in [0.05, 0.1) is 0 Å². The van der Waals surface area contributed by atoms with Crippen LogP contribution in [0.5, 0.6) is 5.75 Å². The molecule has 6 heteroatoms. The summed E-state index contributed by atoms with van der Waals surface area (Å²) in [5, 5.41) is 10.2. The Hall–Kier alpha value is -3.05. The number of hydrogen-bond acceptors (Lipinski definition) is 4. The number of nitrogen functional groups attached to an aromatic ring is 1. The zero-order valence-corrected chi connectivity index (χ0v) is 16.5. The molecule has 4 rings (SSSR count). The predicted octanol–water partition coefficient (Wildman–Crippen LogP) is 5.43. The average Bonchev–Trinajstić information content (AvgIpc) is 3.20. The number of pyridine rings is 1. The summed E-state index contributed by atoms with van der Waals surface area (Å²) in [5.41, 5.74) is 8.58. The Bertz CT molecular complexity index is 1030. The molecule has 1 aliphatic carbocycles. The van der Waals surface area contributed by atoms with Crippen molar-refractivity contribution in [2.75, 3.05) is 5.73 Å². The van der Waals surface area contributed by atoms with Crippen LogP contribution in [0.25, 0.3) is 22.3 Å². The Morgan fingerprint density at radius 1 is 1.00 bits per heavy atom. The van der Waals surface area contributed by atoms with Crippen molar-refractivity contribution < 1.29 is 14.6 Å². The number of carboxylic acids is 1. The van der Waals surface area contributed by atoms with Crippen molar-refractivity contribution in [3.8, 4) is 28.0 Å². The normalized spacial score (nSPS) is 15.2. The lowest BCUT2D eigenvalue weighted by molar-refractivity contribution is -0.154. The zero-order chi connectivity index (χ0) is 20.4. The smallest absolute Gasteiger partial charge is 0.348 e. The average molecular weight is 409 g/mol. The van der Waals surface area contributed by atoms with Crippen molar-refractivity contribution >= 4 is 23.4 Å². The van der Waals surface area contributed by atoms with E-state index in [-0.39, 0.29) is 0 Å². The molecule has 0 saturated heterocycles. The Kier molecular flexibility index (Phi) is 5.16. The first-order chi connectivity index (χ1) is 14.0. The number of ether oxygens (including phenoxy) is 1. The summed E-state index contributed by atoms with van der Waals surface area (Å²) >= 11 is 5.98. The van der Waals surface area contributed by atoms with Crippen molar-refractivity contribution in [2.45, 2.75) is 31.3 Å². The maximum Gasteiger partial charge on any atom is 0.348 e. The molecular formula is C23H21ClN2O3. The van der Waals surface area contributed by atoms with Gasteiger partial charge >= 0.3 is 5.97 Å². The molecule has 3 N–H and O–H groups in total. The zero-order valence-electron chi connectivity index (χ0n) is 15.8. The number of aliphatic carboxylic acids is 1. The predicted molar refractivity (Wildman–Crippen MR) is 114 cm³/mol. The van der Waals surface area contributed by atoms with Crippen molar-refractivity contribution in [1.82, 2.24) is 4.98 Å². The molecule has 5 nitrogen and oxygen atoms in total. The summed E-state index contributed by atoms with van der Waals surface area (Å²) in [6.45, 7) is 0. The van der Waals surface area contributed by atoms with E-state index in [4.69, 9.17) is 22.1 Å². The molecule has 0 bridgehead atoms. The number of anilines is 1. The molecule has 0 amide bonds. The van der Waals surface area contributed by atoms with Crippen molar-refractivity contribution in [3.05, 3.63) is 65.8 Å². The monoisotopic (exact) mass is 408 g/mol. The van der Waals surface area contributed by atoms with E-state index >= 15 is 0 Å². The van der Waals surface area contributed by atoms with E-state index in [0.29, 0.717) is 29.4 Å². The molecule has 29 heavy (non-hydrogen) atoms. The van der Waals surface area contributed by atoms with Crippen LogP contribution in [0.3, 0.4) is 0 Å². The Balaban J connectivity index is 1.60. The van der Waals surface area contributed by atoms with Crippen molar-refractivity contribution in [2.24, 2.45) is 0 Å². The summed E-state index contributed by atoms with van der Waals surface area (Å²) in [5.74, 6) is 0.106. The van der Waals surface area contributed by atoms with Gasteiger partial charge in [-0.2, -0.15) is 0 Å². The lowest BCUT2D eigenvalue weighted by atomic mass is 10.0. The molecule has 0 atom stereocenters. The van der Waals surface area contributed by atoms with Crippen LogP contribution in [0.2, 0.25) is 5.02 Å². The minimum absolute atomic E-state index is 0.445. The Morgan fingerprint density at radius 2 is 1.62 bits per heavy atom. The van der Waals surface area contributed by atoms with E-state index < -0.39 is 11.6 Å². The quantitative estimate of drug-likeness (QED) is 0.588. The van der Waals surface area contributed by atoms with E-state index in [1.807, 2.05) is 42.5 Å². The highest BCUT2D eigenvalue weighted by Gasteiger charge is 2.43. The highest BCUT2D eigenvalue weighted by Crippen LogP contribution is 2.36. The number of benzene rings is 2. The van der Waals surface area contributed by atoms with Gasteiger partial charge in [-0.15, -0.1) is 0 Å². The lowest BCUT2D eigenvalue weighted by Gasteiger charge is -2.25. The summed E-state index contributed by atoms with van der Waals surface area (Å²) < 4.78 is 5.89. The van der Waals surface area contributed by atoms with Gasteiger partial charge in [0.15, 0.2) is 0 Å². The fraction of sp³-hybridized carbons (Fsp3) is 0.217. The van der Waals surface area contributed by atoms with Crippen LogP contribution in [-0.4, -0.2) is 21.7 Å². The van der Waals surface area contributed by atoms with Crippen LogP contribution in [0.15, 0.2) is 60.8 Å². The van der Waals surface area contributed by atoms with E-state index in [2.05, 4.69) is 4.98 Å². The molecule has 0 spiro atoms. The fourth-order valence-electron chi connectivity index (χ4n) is 3.74. The van der Waals surface area contributed by atoms with Gasteiger partial charge in [-0.25, -0.2) is 9.78 Å². The fourth-order valence-corrected chi connectivity index (χ4v) is 3.87. The van der Waals surface area contributed by atoms with Gasteiger partial charge in [-0.1, -0.05) is 35.9 Å². The second-order valence-corrected chi connectivity index (χ2v) is 7.73. The minimum atomic E-state index is -1.11. The van der Waals surface area contributed by atoms with E-state index in [1.54, 1.807) is 18.3 Å². The third-order valence-corrected chi connectivity index (χ3v) is 5.63. The molecule has 3 aromatic rings. The number of nitrogens with zero attached hydrogens (tertiary/aromatic N) is 1. The minimum Gasteiger partial charge on any atom is -0.478 e. The van der Waals surface area contributed by atoms with Crippen LogP contribution in [0.1, 0.15) is 25.7 Å². The number of carbonyl (C=O) groups is 1. The second kappa shape index (κ2) is 7.76. The van der Waals surface area contributed by atoms with E-state index in [1.165, 1.54) is 0 Å². The maximum absolute atomic E-state index is 11.7. The van der Waals surface area contributed by atoms with Crippen LogP contribution in [0, 0.1) is 0 Å². The molecular weight excluding hydrogens is 388 g/mol. The third kappa shape index (κ3) is 3.91. The number of hydrogen-bond donors (Lipinski definition) is 2. The highest BCUT2D eigenvalue weighted by atomic mass is 35.5. The number of rotatable bonds is 5. The maximum atomic E-state index is 11.7. The number of nitrogens with two attached hydrogens (primary N) is 1. The Labute approximate surface area is 174 Å². The summed E-state index contributed by atoms with van der Waals surface area (Å²) in [7, 11) is 0. The number of carboxylic acid groups (broad SMARTS) is 1. The van der Waals surface area contributed by atoms with Gasteiger partial charge in [-0.3, -0.25) is 0 Å². The Morgan fingerprint density at radius 3 is 2.24 bits per heavy atom. The summed E-state index contributed by atoms with van der Waals surface area (Å²) in [4.78, 5) is 16.0. The van der Waals surface area contributed by atoms with E-state index in [0.717, 1.165) is 35.1 Å². The molecule has 1 fully saturated rings. The highest BCUT2D eigenvalue weighted by molar-refractivity contribution is 6.30. The van der Waals surface area contributed by atoms with Gasteiger partial charge in [0.25, 0.3) is 0 Å². The topological polar surface area (TPSA) is 85.4 Å². The molecule has 148 valence electrons. The summed E-state index contributed by atoms with van der Waals surface area (Å²) in [6, 6.07) is 16.8. The summed E-state index contributed by atoms with van der Waals surface area (Å²) in [6.07, 6.45) is 4.54. The molecule has 1 heterocycles. The molecule has 0 unspecified atom stereocenters. The molecule has 1 aromatic heterocycles. The molecule has 2 aromatic carbocycles. The standard InChI is InChI=1S/C23H21ClN2O3/c24-18-7-3-16(4-8-18)20-13-17(14-26-21(20)25)15-5-9-19(10-6-15)29-23(22(27)28)11-1-2-12-23/h3-10,13-14H,1-2,11-12H2,(H2,25,26)(H,27,28). The van der Waals surface area contributed by atoms with Crippen molar-refractivity contribution in [1.29, 1.82) is 0 Å². The van der Waals surface area contributed by atoms with Crippen LogP contribution in [-0.2, 0) is 4.79 Å². The second-order valence-electron chi connectivity index (χ2n) is 7.30. The number of halogens is 1. The SMILES string of the molecule is Nc1ncc(-c2ccc(OC3(C(=O)O)CCCC3)cc2)cc1-c1ccc(Cl)cc1. The van der Waals surface area contributed by atoms with Crippen LogP contribution in [0.4, 0.5) is 5.82 Å². The first-order valence-electron chi connectivity index (χ1n) is 9.51. The van der Waals surface area contributed by atoms with Crippen LogP contribution < -0.4 is 10.5 Å². The third-order valence-electron chi connectivity index (χ3n) is 5.38. The van der Waals surface area contributed by atoms with Gasteiger partial charge in [-0.05, 0) is 67.1 Å². The van der Waals surface area contributed by atoms with Gasteiger partial charge in [0.2, 0.25) is 5.60 Å². The van der Waals surface area contributed by atoms with Crippen molar-refractivity contribution in [3.63, 3.8) is 0 Å². The number of aromatic nitrogens is 1. The largest absolute Gasteiger partial charge is 0.478 e. The van der Waals surface area contributed by atoms with Crippen LogP contribution >= 0.6 is 11.6 Å². The van der Waals surface area contributed by atoms with Gasteiger partial charge in [0.1, 0.15) is 11.6 Å².